The molecular weight excluding hydrogens is 268 g/mol. The van der Waals surface area contributed by atoms with Crippen LogP contribution in [0.25, 0.3) is 11.1 Å². The van der Waals surface area contributed by atoms with Gasteiger partial charge in [-0.3, -0.25) is 0 Å². The molecular formula is C20H30N2. The van der Waals surface area contributed by atoms with Crippen molar-refractivity contribution < 1.29 is 0 Å². The Morgan fingerprint density at radius 3 is 2.09 bits per heavy atom. The van der Waals surface area contributed by atoms with Crippen LogP contribution < -0.4 is 0 Å². The Kier molecular flexibility index (Phi) is 7.79. The lowest BCUT2D eigenvalue weighted by Gasteiger charge is -2.09. The van der Waals surface area contributed by atoms with Crippen LogP contribution in [-0.4, -0.2) is 9.97 Å². The molecule has 2 heteroatoms. The number of nitrogens with zero attached hydrogens (tertiary/aromatic N) is 2. The highest BCUT2D eigenvalue weighted by Crippen LogP contribution is 2.38. The van der Waals surface area contributed by atoms with Crippen molar-refractivity contribution in [3.05, 3.63) is 47.5 Å². The quantitative estimate of drug-likeness (QED) is 0.700. The van der Waals surface area contributed by atoms with E-state index in [4.69, 9.17) is 4.98 Å². The summed E-state index contributed by atoms with van der Waals surface area (Å²) in [6.07, 6.45) is 5.48. The maximum Gasteiger partial charge on any atom is 0.131 e. The fourth-order valence-corrected chi connectivity index (χ4v) is 2.21. The van der Waals surface area contributed by atoms with E-state index in [0.717, 1.165) is 12.2 Å². The van der Waals surface area contributed by atoms with E-state index < -0.39 is 0 Å². The summed E-state index contributed by atoms with van der Waals surface area (Å²) in [7, 11) is 0. The fraction of sp³-hybridized carbons (Fsp3) is 0.500. The van der Waals surface area contributed by atoms with E-state index in [1.807, 2.05) is 33.9 Å². The number of hydrogen-bond acceptors (Lipinski definition) is 2. The molecule has 1 aromatic carbocycles. The van der Waals surface area contributed by atoms with E-state index in [2.05, 4.69) is 43.1 Å². The predicted molar refractivity (Wildman–Crippen MR) is 96.3 cm³/mol. The van der Waals surface area contributed by atoms with Gasteiger partial charge in [-0.1, -0.05) is 64.4 Å². The second-order valence-electron chi connectivity index (χ2n) is 5.08. The molecule has 22 heavy (non-hydrogen) atoms. The summed E-state index contributed by atoms with van der Waals surface area (Å²) in [5.74, 6) is 1.67. The first-order chi connectivity index (χ1) is 10.8. The minimum atomic E-state index is 0.627. The molecule has 0 unspecified atom stereocenters. The standard InChI is InChI=1S/C16H18N2.2C2H6/c1-3-15-14(12-6-4-11(2)5-7-12)10-17-16(18-15)13-8-9-13;2*1-2/h4-7,10,13H,3,8-9H2,1-2H3;2*1-2H3. The van der Waals surface area contributed by atoms with Gasteiger partial charge in [0.15, 0.2) is 0 Å². The van der Waals surface area contributed by atoms with Crippen molar-refractivity contribution in [3.8, 4) is 11.1 Å². The molecule has 0 bridgehead atoms. The topological polar surface area (TPSA) is 25.8 Å². The number of aryl methyl sites for hydroxylation is 2. The van der Waals surface area contributed by atoms with Crippen LogP contribution >= 0.6 is 0 Å². The normalized spacial score (nSPS) is 12.6. The molecule has 1 saturated carbocycles. The van der Waals surface area contributed by atoms with Crippen molar-refractivity contribution in [2.24, 2.45) is 0 Å². The predicted octanol–water partition coefficient (Wildman–Crippen LogP) is 5.94. The van der Waals surface area contributed by atoms with Gasteiger partial charge in [-0.2, -0.15) is 0 Å². The zero-order valence-corrected chi connectivity index (χ0v) is 15.0. The molecule has 0 N–H and O–H groups in total. The van der Waals surface area contributed by atoms with Crippen LogP contribution in [0.5, 0.6) is 0 Å². The third-order valence-corrected chi connectivity index (χ3v) is 3.53. The molecule has 0 spiro atoms. The second-order valence-corrected chi connectivity index (χ2v) is 5.08. The van der Waals surface area contributed by atoms with E-state index >= 15 is 0 Å². The van der Waals surface area contributed by atoms with E-state index in [1.54, 1.807) is 0 Å². The van der Waals surface area contributed by atoms with Gasteiger partial charge in [0.05, 0.1) is 5.69 Å². The highest BCUT2D eigenvalue weighted by molar-refractivity contribution is 5.65. The Hall–Kier alpha value is -1.70. The number of aromatic nitrogens is 2. The summed E-state index contributed by atoms with van der Waals surface area (Å²) in [6.45, 7) is 12.3. The lowest BCUT2D eigenvalue weighted by Crippen LogP contribution is -2.00. The molecule has 1 aliphatic rings. The number of hydrogen-bond donors (Lipinski definition) is 0. The molecule has 1 heterocycles. The van der Waals surface area contributed by atoms with Crippen LogP contribution in [0.2, 0.25) is 0 Å². The van der Waals surface area contributed by atoms with Gasteiger partial charge >= 0.3 is 0 Å². The monoisotopic (exact) mass is 298 g/mol. The largest absolute Gasteiger partial charge is 0.240 e. The van der Waals surface area contributed by atoms with Crippen LogP contribution in [0.3, 0.4) is 0 Å². The van der Waals surface area contributed by atoms with Gasteiger partial charge in [-0.15, -0.1) is 0 Å². The summed E-state index contributed by atoms with van der Waals surface area (Å²) in [6, 6.07) is 8.60. The maximum atomic E-state index is 4.74. The Labute approximate surface area is 136 Å². The summed E-state index contributed by atoms with van der Waals surface area (Å²) in [5.41, 5.74) is 4.87. The number of benzene rings is 1. The lowest BCUT2D eigenvalue weighted by molar-refractivity contribution is 0.881. The Morgan fingerprint density at radius 1 is 1.00 bits per heavy atom. The van der Waals surface area contributed by atoms with Gasteiger partial charge in [-0.05, 0) is 31.7 Å². The molecule has 0 amide bonds. The average Bonchev–Trinajstić information content (AvgIpc) is 3.44. The highest BCUT2D eigenvalue weighted by Gasteiger charge is 2.27. The van der Waals surface area contributed by atoms with Gasteiger partial charge in [0, 0.05) is 17.7 Å². The van der Waals surface area contributed by atoms with Crippen LogP contribution in [0.1, 0.15) is 70.5 Å². The van der Waals surface area contributed by atoms with E-state index in [1.165, 1.54) is 35.2 Å². The average molecular weight is 298 g/mol. The van der Waals surface area contributed by atoms with E-state index in [9.17, 15) is 0 Å². The van der Waals surface area contributed by atoms with Crippen LogP contribution in [0, 0.1) is 6.92 Å². The zero-order valence-electron chi connectivity index (χ0n) is 15.0. The van der Waals surface area contributed by atoms with Crippen molar-refractivity contribution in [1.29, 1.82) is 0 Å². The Balaban J connectivity index is 0.000000561. The fourth-order valence-electron chi connectivity index (χ4n) is 2.21. The van der Waals surface area contributed by atoms with Crippen LogP contribution in [0.15, 0.2) is 30.5 Å². The zero-order chi connectivity index (χ0) is 16.5. The minimum Gasteiger partial charge on any atom is -0.240 e. The Morgan fingerprint density at radius 2 is 1.59 bits per heavy atom. The SMILES string of the molecule is CC.CC.CCc1nc(C2CC2)ncc1-c1ccc(C)cc1. The van der Waals surface area contributed by atoms with Gasteiger partial charge in [0.1, 0.15) is 5.82 Å². The van der Waals surface area contributed by atoms with E-state index in [0.29, 0.717) is 5.92 Å². The lowest BCUT2D eigenvalue weighted by atomic mass is 10.0. The van der Waals surface area contributed by atoms with Gasteiger partial charge < -0.3 is 0 Å². The molecule has 3 rings (SSSR count). The van der Waals surface area contributed by atoms with Crippen LogP contribution in [0.4, 0.5) is 0 Å². The molecule has 0 radical (unpaired) electrons. The molecule has 120 valence electrons. The molecule has 0 atom stereocenters. The minimum absolute atomic E-state index is 0.627. The summed E-state index contributed by atoms with van der Waals surface area (Å²) in [4.78, 5) is 9.28. The third kappa shape index (κ3) is 4.66. The first-order valence-electron chi connectivity index (χ1n) is 8.70. The van der Waals surface area contributed by atoms with Crippen molar-refractivity contribution in [2.45, 2.75) is 66.7 Å². The summed E-state index contributed by atoms with van der Waals surface area (Å²) >= 11 is 0. The van der Waals surface area contributed by atoms with Crippen LogP contribution in [-0.2, 0) is 6.42 Å². The van der Waals surface area contributed by atoms with Crippen molar-refractivity contribution in [2.75, 3.05) is 0 Å². The first-order valence-corrected chi connectivity index (χ1v) is 8.70. The highest BCUT2D eigenvalue weighted by atomic mass is 14.9. The molecule has 1 aromatic heterocycles. The molecule has 1 aliphatic carbocycles. The van der Waals surface area contributed by atoms with Crippen molar-refractivity contribution in [1.82, 2.24) is 9.97 Å². The van der Waals surface area contributed by atoms with E-state index in [-0.39, 0.29) is 0 Å². The van der Waals surface area contributed by atoms with Crippen molar-refractivity contribution >= 4 is 0 Å². The Bertz CT molecular complexity index is 554. The molecule has 2 nitrogen and oxygen atoms in total. The van der Waals surface area contributed by atoms with Gasteiger partial charge in [0.2, 0.25) is 0 Å². The third-order valence-electron chi connectivity index (χ3n) is 3.53. The second kappa shape index (κ2) is 9.34. The summed E-state index contributed by atoms with van der Waals surface area (Å²) < 4.78 is 0. The molecule has 2 aromatic rings. The number of rotatable bonds is 3. The van der Waals surface area contributed by atoms with Crippen molar-refractivity contribution in [3.63, 3.8) is 0 Å². The van der Waals surface area contributed by atoms with Gasteiger partial charge in [0.25, 0.3) is 0 Å². The molecule has 0 saturated heterocycles. The summed E-state index contributed by atoms with van der Waals surface area (Å²) in [5, 5.41) is 0. The smallest absolute Gasteiger partial charge is 0.131 e. The first kappa shape index (κ1) is 18.3. The maximum absolute atomic E-state index is 4.74. The molecule has 1 fully saturated rings. The van der Waals surface area contributed by atoms with Gasteiger partial charge in [-0.25, -0.2) is 9.97 Å². The molecule has 0 aliphatic heterocycles.